The van der Waals surface area contributed by atoms with Gasteiger partial charge >= 0.3 is 11.7 Å². The van der Waals surface area contributed by atoms with Gasteiger partial charge in [-0.15, -0.1) is 0 Å². The van der Waals surface area contributed by atoms with Crippen LogP contribution in [0, 0.1) is 0 Å². The fraction of sp³-hybridized carbons (Fsp3) is 0.321. The van der Waals surface area contributed by atoms with Crippen molar-refractivity contribution in [1.82, 2.24) is 0 Å². The van der Waals surface area contributed by atoms with Crippen LogP contribution in [0.3, 0.4) is 0 Å². The summed E-state index contributed by atoms with van der Waals surface area (Å²) in [7, 11) is -7.95. The number of carbonyl (C=O) groups excluding carboxylic acids is 1. The smallest absolute Gasteiger partial charge is 0.362 e. The van der Waals surface area contributed by atoms with Crippen LogP contribution in [0.4, 0.5) is 0 Å². The number of nitrogens with zero attached hydrogens (tertiary/aromatic N) is 2. The Bertz CT molecular complexity index is 1740. The highest BCUT2D eigenvalue weighted by atomic mass is 32.2. The molecule has 2 aliphatic carbocycles. The molecule has 0 saturated heterocycles. The number of fused-ring (bicyclic) bond motifs is 2. The Morgan fingerprint density at radius 3 is 1.83 bits per heavy atom. The molecule has 0 saturated carbocycles. The minimum Gasteiger partial charge on any atom is -0.481 e. The first-order valence-corrected chi connectivity index (χ1v) is 15.1. The van der Waals surface area contributed by atoms with Crippen LogP contribution in [-0.4, -0.2) is 55.4 Å². The van der Waals surface area contributed by atoms with Gasteiger partial charge in [0.2, 0.25) is 0 Å². The molecule has 2 aromatic rings. The summed E-state index contributed by atoms with van der Waals surface area (Å²) < 4.78 is 59.5. The van der Waals surface area contributed by atoms with Crippen LogP contribution >= 0.6 is 0 Å². The lowest BCUT2D eigenvalue weighted by Crippen LogP contribution is -2.26. The molecule has 0 aromatic heterocycles. The first kappa shape index (κ1) is 31.8. The van der Waals surface area contributed by atoms with E-state index in [-0.39, 0.29) is 26.6 Å². The van der Waals surface area contributed by atoms with Gasteiger partial charge < -0.3 is 10.6 Å². The van der Waals surface area contributed by atoms with E-state index in [1.165, 1.54) is 54.6 Å². The molecule has 11 nitrogen and oxygen atoms in total. The monoisotopic (exact) mass is 602 g/mol. The van der Waals surface area contributed by atoms with Gasteiger partial charge in [-0.1, -0.05) is 36.4 Å². The van der Waals surface area contributed by atoms with Crippen molar-refractivity contribution in [2.24, 2.45) is 0 Å². The molecule has 1 atom stereocenters. The van der Waals surface area contributed by atoms with Gasteiger partial charge in [0.25, 0.3) is 26.0 Å². The average molecular weight is 603 g/mol. The Morgan fingerprint density at radius 2 is 1.34 bits per heavy atom. The number of carboxylic acid groups (broad SMARTS) is 1. The molecule has 0 aliphatic heterocycles. The zero-order chi connectivity index (χ0) is 31.0. The Balaban J connectivity index is 0.000000226. The number of benzene rings is 2. The minimum absolute atomic E-state index is 0.00456. The van der Waals surface area contributed by atoms with E-state index < -0.39 is 49.1 Å². The van der Waals surface area contributed by atoms with Crippen LogP contribution in [0.25, 0.3) is 17.7 Å². The summed E-state index contributed by atoms with van der Waals surface area (Å²) in [6, 6.07) is 8.87. The second-order valence-electron chi connectivity index (χ2n) is 11.1. The van der Waals surface area contributed by atoms with Crippen molar-refractivity contribution in [2.75, 3.05) is 0 Å². The summed E-state index contributed by atoms with van der Waals surface area (Å²) in [5, 5.41) is 9.11. The predicted octanol–water partition coefficient (Wildman–Crippen LogP) is 4.46. The van der Waals surface area contributed by atoms with Gasteiger partial charge in [0, 0.05) is 17.2 Å². The minimum atomic E-state index is -4.01. The summed E-state index contributed by atoms with van der Waals surface area (Å²) in [6.07, 6.45) is 5.68. The Labute approximate surface area is 239 Å². The zero-order valence-corrected chi connectivity index (χ0v) is 24.9. The van der Waals surface area contributed by atoms with Gasteiger partial charge in [-0.25, -0.2) is 0 Å². The van der Waals surface area contributed by atoms with Gasteiger partial charge in [0.15, 0.2) is 0 Å². The number of aliphatic carboxylic acids is 1. The van der Waals surface area contributed by atoms with Crippen LogP contribution in [0.5, 0.6) is 0 Å². The first-order valence-electron chi connectivity index (χ1n) is 12.3. The maximum Gasteiger partial charge on any atom is 0.362 e. The molecule has 1 N–H and O–H groups in total. The van der Waals surface area contributed by atoms with Gasteiger partial charge in [-0.3, -0.25) is 18.0 Å². The molecule has 0 heterocycles. The number of carboxylic acids is 1. The molecular formula is C28H30N2O9S2. The van der Waals surface area contributed by atoms with Crippen molar-refractivity contribution in [3.63, 3.8) is 0 Å². The SMILES string of the molecule is CC(C)(C)OS(=O)(=O)c1cccc2c1C=CC(=[N+]=[N-])C2=O.CC(C)(C)OS(=O)(=O)c1cccc2c1C=CC2C(=O)O. The van der Waals surface area contributed by atoms with Crippen LogP contribution in [0.15, 0.2) is 58.3 Å². The fourth-order valence-electron chi connectivity index (χ4n) is 4.07. The second-order valence-corrected chi connectivity index (χ2v) is 14.1. The zero-order valence-electron chi connectivity index (χ0n) is 23.3. The molecule has 0 amide bonds. The largest absolute Gasteiger partial charge is 0.481 e. The van der Waals surface area contributed by atoms with Crippen molar-refractivity contribution < 1.29 is 44.7 Å². The standard InChI is InChI=1S/C14H14N2O4S.C14H16O5S/c1-14(2,3)20-21(18,19)12-6-4-5-10-9(12)7-8-11(16-15)13(10)17;1-14(2,3)19-20(17,18)12-6-4-5-9-10(12)7-8-11(9)13(15)16/h4-8H,1-3H3;4-8,11H,1-3H3,(H,15,16). The number of carbonyl (C=O) groups is 2. The van der Waals surface area contributed by atoms with Crippen LogP contribution in [0.2, 0.25) is 0 Å². The maximum atomic E-state index is 12.3. The number of ketones is 1. The third-order valence-corrected chi connectivity index (χ3v) is 8.70. The molecule has 41 heavy (non-hydrogen) atoms. The molecule has 218 valence electrons. The summed E-state index contributed by atoms with van der Waals surface area (Å²) in [5.74, 6) is -2.36. The fourth-order valence-corrected chi connectivity index (χ4v) is 6.96. The normalized spacial score (nSPS) is 16.4. The summed E-state index contributed by atoms with van der Waals surface area (Å²) in [5.41, 5.74) is 8.11. The highest BCUT2D eigenvalue weighted by molar-refractivity contribution is 7.87. The lowest BCUT2D eigenvalue weighted by atomic mass is 9.95. The van der Waals surface area contributed by atoms with Gasteiger partial charge in [-0.2, -0.15) is 21.6 Å². The third-order valence-electron chi connectivity index (χ3n) is 5.47. The Hall–Kier alpha value is -3.74. The molecule has 1 unspecified atom stereocenters. The number of Topliss-reactive ketones (excluding diaryl/α,β-unsaturated/α-hetero) is 1. The van der Waals surface area contributed by atoms with Crippen molar-refractivity contribution in [2.45, 2.75) is 68.5 Å². The van der Waals surface area contributed by atoms with E-state index in [2.05, 4.69) is 4.79 Å². The maximum absolute atomic E-state index is 12.3. The van der Waals surface area contributed by atoms with Crippen molar-refractivity contribution >= 4 is 49.9 Å². The molecular weight excluding hydrogens is 572 g/mol. The molecule has 0 fully saturated rings. The number of hydrogen-bond acceptors (Lipinski definition) is 8. The number of allylic oxidation sites excluding steroid dienone is 1. The summed E-state index contributed by atoms with van der Waals surface area (Å²) in [6.45, 7) is 9.79. The lowest BCUT2D eigenvalue weighted by Gasteiger charge is -2.20. The van der Waals surface area contributed by atoms with Crippen LogP contribution < -0.4 is 0 Å². The molecule has 0 radical (unpaired) electrons. The number of rotatable bonds is 5. The Kier molecular flexibility index (Phi) is 8.73. The van der Waals surface area contributed by atoms with Crippen molar-refractivity contribution in [3.8, 4) is 0 Å². The van der Waals surface area contributed by atoms with E-state index in [9.17, 15) is 26.4 Å². The predicted molar refractivity (Wildman–Crippen MR) is 150 cm³/mol. The molecule has 0 bridgehead atoms. The van der Waals surface area contributed by atoms with E-state index in [4.69, 9.17) is 19.0 Å². The van der Waals surface area contributed by atoms with Gasteiger partial charge in [0.1, 0.15) is 15.7 Å². The van der Waals surface area contributed by atoms with E-state index >= 15 is 0 Å². The van der Waals surface area contributed by atoms with Crippen LogP contribution in [-0.2, 0) is 33.4 Å². The first-order chi connectivity index (χ1) is 18.8. The Morgan fingerprint density at radius 1 is 0.829 bits per heavy atom. The molecule has 2 aromatic carbocycles. The quantitative estimate of drug-likeness (QED) is 0.294. The third kappa shape index (κ3) is 7.32. The van der Waals surface area contributed by atoms with Gasteiger partial charge in [-0.05, 0) is 70.9 Å². The lowest BCUT2D eigenvalue weighted by molar-refractivity contribution is -0.137. The summed E-state index contributed by atoms with van der Waals surface area (Å²) in [4.78, 5) is 26.0. The molecule has 0 spiro atoms. The molecule has 2 aliphatic rings. The average Bonchev–Trinajstić information content (AvgIpc) is 3.26. The van der Waals surface area contributed by atoms with E-state index in [0.29, 0.717) is 11.1 Å². The summed E-state index contributed by atoms with van der Waals surface area (Å²) >= 11 is 0. The second kappa shape index (κ2) is 11.3. The topological polar surface area (TPSA) is 178 Å². The highest BCUT2D eigenvalue weighted by Crippen LogP contribution is 2.36. The highest BCUT2D eigenvalue weighted by Gasteiger charge is 2.33. The number of hydrogen-bond donors (Lipinski definition) is 1. The van der Waals surface area contributed by atoms with Crippen LogP contribution in [0.1, 0.15) is 74.5 Å². The van der Waals surface area contributed by atoms with Gasteiger partial charge in [0.05, 0.1) is 11.2 Å². The van der Waals surface area contributed by atoms with E-state index in [0.717, 1.165) is 0 Å². The van der Waals surface area contributed by atoms with E-state index in [1.807, 2.05) is 0 Å². The molecule has 4 rings (SSSR count). The van der Waals surface area contributed by atoms with E-state index in [1.54, 1.807) is 47.6 Å². The molecule has 13 heteroatoms. The van der Waals surface area contributed by atoms with Crippen molar-refractivity contribution in [1.29, 1.82) is 0 Å². The van der Waals surface area contributed by atoms with Crippen molar-refractivity contribution in [3.05, 3.63) is 76.3 Å².